The Morgan fingerprint density at radius 1 is 1.07 bits per heavy atom. The van der Waals surface area contributed by atoms with Crippen molar-refractivity contribution in [3.63, 3.8) is 0 Å². The fourth-order valence-electron chi connectivity index (χ4n) is 3.78. The van der Waals surface area contributed by atoms with Crippen molar-refractivity contribution >= 4 is 21.6 Å². The van der Waals surface area contributed by atoms with Crippen LogP contribution in [0.3, 0.4) is 0 Å². The highest BCUT2D eigenvalue weighted by atomic mass is 32.2. The van der Waals surface area contributed by atoms with E-state index >= 15 is 0 Å². The summed E-state index contributed by atoms with van der Waals surface area (Å²) in [6.45, 7) is 9.39. The first-order valence-electron chi connectivity index (χ1n) is 9.70. The highest BCUT2D eigenvalue weighted by Gasteiger charge is 2.33. The SMILES string of the molecule is Cc1cccc(C)c1NC(=O)CN1CCN(S(=O)(=O)c2c(C)nn(C)c2C)CC1. The van der Waals surface area contributed by atoms with Crippen molar-refractivity contribution in [3.8, 4) is 0 Å². The molecule has 29 heavy (non-hydrogen) atoms. The summed E-state index contributed by atoms with van der Waals surface area (Å²) in [7, 11) is -1.85. The van der Waals surface area contributed by atoms with Crippen LogP contribution in [0.15, 0.2) is 23.1 Å². The number of carbonyl (C=O) groups excluding carboxylic acids is 1. The minimum atomic E-state index is -3.59. The molecule has 158 valence electrons. The summed E-state index contributed by atoms with van der Waals surface area (Å²) in [6, 6.07) is 5.90. The molecule has 0 atom stereocenters. The molecule has 0 bridgehead atoms. The number of benzene rings is 1. The summed E-state index contributed by atoms with van der Waals surface area (Å²) in [5.74, 6) is -0.0855. The van der Waals surface area contributed by atoms with Crippen molar-refractivity contribution in [3.05, 3.63) is 40.7 Å². The van der Waals surface area contributed by atoms with Crippen LogP contribution in [0.4, 0.5) is 5.69 Å². The highest BCUT2D eigenvalue weighted by Crippen LogP contribution is 2.24. The van der Waals surface area contributed by atoms with Gasteiger partial charge in [0, 0.05) is 38.9 Å². The lowest BCUT2D eigenvalue weighted by Crippen LogP contribution is -2.50. The largest absolute Gasteiger partial charge is 0.324 e. The number of aromatic nitrogens is 2. The number of aryl methyl sites for hydroxylation is 4. The quantitative estimate of drug-likeness (QED) is 0.795. The number of sulfonamides is 1. The van der Waals surface area contributed by atoms with Crippen LogP contribution in [0.5, 0.6) is 0 Å². The number of para-hydroxylation sites is 1. The second kappa shape index (κ2) is 8.25. The molecule has 0 unspecified atom stereocenters. The Labute approximate surface area is 172 Å². The van der Waals surface area contributed by atoms with Gasteiger partial charge in [0.05, 0.1) is 17.9 Å². The summed E-state index contributed by atoms with van der Waals surface area (Å²) in [5, 5.41) is 7.21. The van der Waals surface area contributed by atoms with Gasteiger partial charge in [0.1, 0.15) is 4.90 Å². The molecule has 1 aromatic heterocycles. The van der Waals surface area contributed by atoms with Crippen LogP contribution in [0.1, 0.15) is 22.5 Å². The number of piperazine rings is 1. The third-order valence-corrected chi connectivity index (χ3v) is 7.64. The van der Waals surface area contributed by atoms with E-state index in [0.29, 0.717) is 42.5 Å². The number of amides is 1. The van der Waals surface area contributed by atoms with E-state index in [4.69, 9.17) is 0 Å². The van der Waals surface area contributed by atoms with Crippen molar-refractivity contribution in [2.45, 2.75) is 32.6 Å². The van der Waals surface area contributed by atoms with E-state index in [1.165, 1.54) is 4.31 Å². The number of anilines is 1. The molecule has 9 heteroatoms. The molecule has 1 aliphatic heterocycles. The second-order valence-corrected chi connectivity index (χ2v) is 9.49. The Morgan fingerprint density at radius 2 is 1.66 bits per heavy atom. The Morgan fingerprint density at radius 3 is 2.17 bits per heavy atom. The van der Waals surface area contributed by atoms with Crippen molar-refractivity contribution in [1.82, 2.24) is 19.0 Å². The molecule has 0 aliphatic carbocycles. The number of carbonyl (C=O) groups is 1. The molecule has 1 saturated heterocycles. The second-order valence-electron chi connectivity index (χ2n) is 7.62. The van der Waals surface area contributed by atoms with E-state index < -0.39 is 10.0 Å². The Bertz CT molecular complexity index is 1000. The smallest absolute Gasteiger partial charge is 0.246 e. The predicted molar refractivity (Wildman–Crippen MR) is 112 cm³/mol. The lowest BCUT2D eigenvalue weighted by atomic mass is 10.1. The molecule has 0 radical (unpaired) electrons. The number of nitrogens with zero attached hydrogens (tertiary/aromatic N) is 4. The molecule has 1 fully saturated rings. The molecule has 1 amide bonds. The van der Waals surface area contributed by atoms with E-state index in [1.54, 1.807) is 25.6 Å². The minimum absolute atomic E-state index is 0.0855. The van der Waals surface area contributed by atoms with Gasteiger partial charge in [-0.25, -0.2) is 8.42 Å². The molecule has 8 nitrogen and oxygen atoms in total. The van der Waals surface area contributed by atoms with Crippen LogP contribution in [0, 0.1) is 27.7 Å². The topological polar surface area (TPSA) is 87.5 Å². The number of rotatable bonds is 5. The molecule has 2 aromatic rings. The zero-order chi connectivity index (χ0) is 21.3. The van der Waals surface area contributed by atoms with Gasteiger partial charge in [0.15, 0.2) is 0 Å². The normalized spacial score (nSPS) is 16.2. The van der Waals surface area contributed by atoms with Crippen LogP contribution >= 0.6 is 0 Å². The Hall–Kier alpha value is -2.23. The van der Waals surface area contributed by atoms with Gasteiger partial charge >= 0.3 is 0 Å². The van der Waals surface area contributed by atoms with Gasteiger partial charge in [0.2, 0.25) is 15.9 Å². The van der Waals surface area contributed by atoms with Crippen LogP contribution in [0.25, 0.3) is 0 Å². The van der Waals surface area contributed by atoms with Gasteiger partial charge in [-0.3, -0.25) is 14.4 Å². The Kier molecular flexibility index (Phi) is 6.11. The fourth-order valence-corrected chi connectivity index (χ4v) is 5.60. The van der Waals surface area contributed by atoms with Gasteiger partial charge in [-0.2, -0.15) is 9.40 Å². The van der Waals surface area contributed by atoms with Gasteiger partial charge in [-0.05, 0) is 38.8 Å². The van der Waals surface area contributed by atoms with Gasteiger partial charge in [-0.15, -0.1) is 0 Å². The predicted octanol–water partition coefficient (Wildman–Crippen LogP) is 1.60. The first-order valence-corrected chi connectivity index (χ1v) is 11.1. The number of hydrogen-bond donors (Lipinski definition) is 1. The van der Waals surface area contributed by atoms with Crippen LogP contribution in [0.2, 0.25) is 0 Å². The summed E-state index contributed by atoms with van der Waals surface area (Å²) in [6.07, 6.45) is 0. The maximum Gasteiger partial charge on any atom is 0.246 e. The monoisotopic (exact) mass is 419 g/mol. The van der Waals surface area contributed by atoms with Crippen LogP contribution in [-0.2, 0) is 21.9 Å². The van der Waals surface area contributed by atoms with E-state index in [2.05, 4.69) is 10.4 Å². The van der Waals surface area contributed by atoms with Crippen molar-refractivity contribution in [2.75, 3.05) is 38.0 Å². The van der Waals surface area contributed by atoms with Crippen LogP contribution < -0.4 is 5.32 Å². The zero-order valence-corrected chi connectivity index (χ0v) is 18.5. The van der Waals surface area contributed by atoms with E-state index in [-0.39, 0.29) is 12.5 Å². The summed E-state index contributed by atoms with van der Waals surface area (Å²) < 4.78 is 29.2. The van der Waals surface area contributed by atoms with Gasteiger partial charge in [-0.1, -0.05) is 18.2 Å². The highest BCUT2D eigenvalue weighted by molar-refractivity contribution is 7.89. The maximum absolute atomic E-state index is 13.1. The lowest BCUT2D eigenvalue weighted by molar-refractivity contribution is -0.117. The fraction of sp³-hybridized carbons (Fsp3) is 0.500. The third-order valence-electron chi connectivity index (χ3n) is 5.48. The molecule has 3 rings (SSSR count). The Balaban J connectivity index is 1.61. The summed E-state index contributed by atoms with van der Waals surface area (Å²) in [4.78, 5) is 14.8. The molecule has 1 aromatic carbocycles. The molecule has 0 spiro atoms. The molecular formula is C20H29N5O3S. The van der Waals surface area contributed by atoms with Gasteiger partial charge < -0.3 is 5.32 Å². The first kappa shape index (κ1) is 21.5. The molecular weight excluding hydrogens is 390 g/mol. The van der Waals surface area contributed by atoms with Crippen molar-refractivity contribution in [2.24, 2.45) is 7.05 Å². The molecule has 2 heterocycles. The van der Waals surface area contributed by atoms with E-state index in [9.17, 15) is 13.2 Å². The van der Waals surface area contributed by atoms with E-state index in [0.717, 1.165) is 16.8 Å². The first-order chi connectivity index (χ1) is 13.6. The van der Waals surface area contributed by atoms with Crippen molar-refractivity contribution < 1.29 is 13.2 Å². The van der Waals surface area contributed by atoms with E-state index in [1.807, 2.05) is 36.9 Å². The zero-order valence-electron chi connectivity index (χ0n) is 17.7. The lowest BCUT2D eigenvalue weighted by Gasteiger charge is -2.33. The molecule has 1 N–H and O–H groups in total. The summed E-state index contributed by atoms with van der Waals surface area (Å²) in [5.41, 5.74) is 4.05. The standard InChI is InChI=1S/C20H29N5O3S/c1-14-7-6-8-15(2)19(14)21-18(26)13-24-9-11-25(12-10-24)29(27,28)20-16(3)22-23(5)17(20)4/h6-8H,9-13H2,1-5H3,(H,21,26). The minimum Gasteiger partial charge on any atom is -0.324 e. The van der Waals surface area contributed by atoms with Crippen LogP contribution in [-0.4, -0.2) is 66.0 Å². The number of nitrogens with one attached hydrogen (secondary N) is 1. The number of hydrogen-bond acceptors (Lipinski definition) is 5. The molecule has 0 saturated carbocycles. The molecule has 1 aliphatic rings. The third kappa shape index (κ3) is 4.36. The average Bonchev–Trinajstić information content (AvgIpc) is 2.91. The maximum atomic E-state index is 13.1. The van der Waals surface area contributed by atoms with Gasteiger partial charge in [0.25, 0.3) is 0 Å². The van der Waals surface area contributed by atoms with Crippen molar-refractivity contribution in [1.29, 1.82) is 0 Å². The summed E-state index contributed by atoms with van der Waals surface area (Å²) >= 11 is 0. The average molecular weight is 420 g/mol.